The van der Waals surface area contributed by atoms with E-state index in [9.17, 15) is 8.42 Å². The van der Waals surface area contributed by atoms with Crippen molar-refractivity contribution in [1.29, 1.82) is 0 Å². The molecule has 2 aromatic heterocycles. The third-order valence-electron chi connectivity index (χ3n) is 4.09. The fourth-order valence-electron chi connectivity index (χ4n) is 2.54. The maximum absolute atomic E-state index is 12.6. The molecule has 0 bridgehead atoms. The Kier molecular flexibility index (Phi) is 5.27. The van der Waals surface area contributed by atoms with Gasteiger partial charge in [-0.15, -0.1) is 11.3 Å². The summed E-state index contributed by atoms with van der Waals surface area (Å²) in [5, 5.41) is 1.99. The molecular formula is C20H22N2O2S2. The highest BCUT2D eigenvalue weighted by atomic mass is 32.2. The third kappa shape index (κ3) is 4.38. The molecule has 0 aliphatic heterocycles. The van der Waals surface area contributed by atoms with Crippen LogP contribution in [0.15, 0.2) is 65.0 Å². The van der Waals surface area contributed by atoms with E-state index in [4.69, 9.17) is 0 Å². The second-order valence-electron chi connectivity index (χ2n) is 7.13. The lowest BCUT2D eigenvalue weighted by molar-refractivity contribution is 0.578. The van der Waals surface area contributed by atoms with Crippen molar-refractivity contribution in [3.63, 3.8) is 0 Å². The minimum atomic E-state index is -3.56. The van der Waals surface area contributed by atoms with Crippen LogP contribution in [-0.4, -0.2) is 13.4 Å². The number of hydrogen-bond donors (Lipinski definition) is 1. The summed E-state index contributed by atoms with van der Waals surface area (Å²) < 4.78 is 27.8. The number of nitrogens with one attached hydrogen (secondary N) is 1. The van der Waals surface area contributed by atoms with Gasteiger partial charge in [-0.2, -0.15) is 0 Å². The fourth-order valence-corrected chi connectivity index (χ4v) is 4.25. The predicted molar refractivity (Wildman–Crippen MR) is 107 cm³/mol. The van der Waals surface area contributed by atoms with E-state index in [1.165, 1.54) is 0 Å². The summed E-state index contributed by atoms with van der Waals surface area (Å²) in [5.41, 5.74) is 2.82. The van der Waals surface area contributed by atoms with Crippen molar-refractivity contribution in [3.05, 3.63) is 71.2 Å². The van der Waals surface area contributed by atoms with E-state index < -0.39 is 10.0 Å². The number of thiophene rings is 1. The molecule has 2 heterocycles. The van der Waals surface area contributed by atoms with E-state index in [1.807, 2.05) is 41.8 Å². The Balaban J connectivity index is 1.73. The quantitative estimate of drug-likeness (QED) is 0.698. The van der Waals surface area contributed by atoms with E-state index in [0.29, 0.717) is 0 Å². The fraction of sp³-hybridized carbons (Fsp3) is 0.250. The van der Waals surface area contributed by atoms with Crippen LogP contribution in [-0.2, 0) is 22.0 Å². The van der Waals surface area contributed by atoms with E-state index in [1.54, 1.807) is 29.7 Å². The Morgan fingerprint density at radius 2 is 1.81 bits per heavy atom. The molecule has 0 aliphatic rings. The Labute approximate surface area is 159 Å². The Morgan fingerprint density at radius 1 is 1.08 bits per heavy atom. The van der Waals surface area contributed by atoms with Gasteiger partial charge >= 0.3 is 0 Å². The molecule has 4 nitrogen and oxygen atoms in total. The first-order chi connectivity index (χ1) is 12.3. The maximum Gasteiger partial charge on any atom is 0.240 e. The molecule has 0 amide bonds. The first-order valence-electron chi connectivity index (χ1n) is 8.35. The lowest BCUT2D eigenvalue weighted by Crippen LogP contribution is -2.23. The summed E-state index contributed by atoms with van der Waals surface area (Å²) in [7, 11) is -3.56. The smallest absolute Gasteiger partial charge is 0.240 e. The zero-order valence-electron chi connectivity index (χ0n) is 15.1. The van der Waals surface area contributed by atoms with Gasteiger partial charge in [0.15, 0.2) is 0 Å². The Morgan fingerprint density at radius 3 is 2.42 bits per heavy atom. The van der Waals surface area contributed by atoms with E-state index in [-0.39, 0.29) is 16.9 Å². The summed E-state index contributed by atoms with van der Waals surface area (Å²) >= 11 is 1.61. The summed E-state index contributed by atoms with van der Waals surface area (Å²) in [6, 6.07) is 14.8. The highest BCUT2D eigenvalue weighted by molar-refractivity contribution is 7.89. The van der Waals surface area contributed by atoms with E-state index >= 15 is 0 Å². The second-order valence-corrected chi connectivity index (χ2v) is 9.84. The van der Waals surface area contributed by atoms with Crippen molar-refractivity contribution in [1.82, 2.24) is 9.71 Å². The first kappa shape index (κ1) is 18.8. The van der Waals surface area contributed by atoms with E-state index in [2.05, 4.69) is 30.5 Å². The highest BCUT2D eigenvalue weighted by Gasteiger charge is 2.17. The van der Waals surface area contributed by atoms with Gasteiger partial charge in [-0.25, -0.2) is 13.1 Å². The molecule has 0 aliphatic carbocycles. The lowest BCUT2D eigenvalue weighted by Gasteiger charge is -2.19. The average molecular weight is 387 g/mol. The largest absolute Gasteiger partial charge is 0.255 e. The van der Waals surface area contributed by atoms with Gasteiger partial charge in [-0.3, -0.25) is 4.98 Å². The molecule has 26 heavy (non-hydrogen) atoms. The van der Waals surface area contributed by atoms with Gasteiger partial charge in [0.25, 0.3) is 0 Å². The van der Waals surface area contributed by atoms with Gasteiger partial charge in [-0.1, -0.05) is 39.0 Å². The van der Waals surface area contributed by atoms with Crippen molar-refractivity contribution in [2.45, 2.75) is 37.6 Å². The summed E-state index contributed by atoms with van der Waals surface area (Å²) in [5.74, 6) is 0. The van der Waals surface area contributed by atoms with Crippen LogP contribution in [0, 0.1) is 0 Å². The van der Waals surface area contributed by atoms with Crippen LogP contribution >= 0.6 is 11.3 Å². The average Bonchev–Trinajstić information content (AvgIpc) is 3.14. The summed E-state index contributed by atoms with van der Waals surface area (Å²) in [4.78, 5) is 5.69. The van der Waals surface area contributed by atoms with Crippen LogP contribution in [0.25, 0.3) is 10.6 Å². The van der Waals surface area contributed by atoms with Crippen molar-refractivity contribution in [2.24, 2.45) is 0 Å². The number of benzene rings is 1. The maximum atomic E-state index is 12.6. The Hall–Kier alpha value is -2.02. The molecule has 0 fully saturated rings. The Bertz CT molecular complexity index is 971. The van der Waals surface area contributed by atoms with Crippen LogP contribution < -0.4 is 4.72 Å². The van der Waals surface area contributed by atoms with E-state index in [0.717, 1.165) is 21.7 Å². The standard InChI is InChI=1S/C20H22N2O2S2/c1-20(2,3)16-6-8-17(9-7-16)26(23,24)22-14-15-10-11-21-18(13-15)19-5-4-12-25-19/h4-13,22H,14H2,1-3H3. The normalized spacial score (nSPS) is 12.3. The topological polar surface area (TPSA) is 59.1 Å². The summed E-state index contributed by atoms with van der Waals surface area (Å²) in [6.45, 7) is 6.53. The number of nitrogens with zero attached hydrogens (tertiary/aromatic N) is 1. The van der Waals surface area contributed by atoms with Gasteiger partial charge in [-0.05, 0) is 52.3 Å². The molecule has 0 atom stereocenters. The molecule has 0 radical (unpaired) electrons. The minimum Gasteiger partial charge on any atom is -0.255 e. The van der Waals surface area contributed by atoms with Crippen LogP contribution in [0.2, 0.25) is 0 Å². The minimum absolute atomic E-state index is 0.00898. The predicted octanol–water partition coefficient (Wildman–Crippen LogP) is 4.59. The molecule has 0 spiro atoms. The van der Waals surface area contributed by atoms with Crippen LogP contribution in [0.4, 0.5) is 0 Å². The number of pyridine rings is 1. The monoisotopic (exact) mass is 386 g/mol. The molecule has 1 aromatic carbocycles. The lowest BCUT2D eigenvalue weighted by atomic mass is 9.87. The number of sulfonamides is 1. The van der Waals surface area contributed by atoms with Crippen LogP contribution in [0.3, 0.4) is 0 Å². The molecule has 1 N–H and O–H groups in total. The molecule has 136 valence electrons. The number of hydrogen-bond acceptors (Lipinski definition) is 4. The van der Waals surface area contributed by atoms with Gasteiger partial charge in [0.2, 0.25) is 10.0 Å². The van der Waals surface area contributed by atoms with Gasteiger partial charge in [0, 0.05) is 12.7 Å². The molecule has 0 saturated heterocycles. The van der Waals surface area contributed by atoms with Crippen molar-refractivity contribution in [2.75, 3.05) is 0 Å². The highest BCUT2D eigenvalue weighted by Crippen LogP contribution is 2.24. The van der Waals surface area contributed by atoms with Crippen LogP contribution in [0.5, 0.6) is 0 Å². The zero-order valence-corrected chi connectivity index (χ0v) is 16.7. The second kappa shape index (κ2) is 7.31. The SMILES string of the molecule is CC(C)(C)c1ccc(S(=O)(=O)NCc2ccnc(-c3cccs3)c2)cc1. The third-order valence-corrected chi connectivity index (χ3v) is 6.40. The molecule has 3 rings (SSSR count). The number of rotatable bonds is 5. The first-order valence-corrected chi connectivity index (χ1v) is 10.7. The van der Waals surface area contributed by atoms with Gasteiger partial charge in [0.1, 0.15) is 0 Å². The molecular weight excluding hydrogens is 364 g/mol. The van der Waals surface area contributed by atoms with Gasteiger partial charge in [0.05, 0.1) is 15.5 Å². The summed E-state index contributed by atoms with van der Waals surface area (Å²) in [6.07, 6.45) is 1.71. The van der Waals surface area contributed by atoms with Crippen molar-refractivity contribution < 1.29 is 8.42 Å². The van der Waals surface area contributed by atoms with Crippen molar-refractivity contribution >= 4 is 21.4 Å². The van der Waals surface area contributed by atoms with Crippen molar-refractivity contribution in [3.8, 4) is 10.6 Å². The van der Waals surface area contributed by atoms with Gasteiger partial charge < -0.3 is 0 Å². The molecule has 0 saturated carbocycles. The van der Waals surface area contributed by atoms with Crippen LogP contribution in [0.1, 0.15) is 31.9 Å². The molecule has 3 aromatic rings. The number of aromatic nitrogens is 1. The molecule has 6 heteroatoms. The zero-order chi connectivity index (χ0) is 18.8. The molecule has 0 unspecified atom stereocenters.